The average molecular weight is 451 g/mol. The van der Waals surface area contributed by atoms with Crippen LogP contribution < -0.4 is 5.32 Å². The van der Waals surface area contributed by atoms with Crippen LogP contribution in [0.1, 0.15) is 16.1 Å². The van der Waals surface area contributed by atoms with Gasteiger partial charge in [-0.2, -0.15) is 0 Å². The van der Waals surface area contributed by atoms with Gasteiger partial charge in [0.25, 0.3) is 5.91 Å². The Balaban J connectivity index is 1.68. The Morgan fingerprint density at radius 1 is 1.29 bits per heavy atom. The maximum Gasteiger partial charge on any atom is 0.255 e. The molecule has 3 rings (SSSR count). The molecule has 150 valence electrons. The van der Waals surface area contributed by atoms with Gasteiger partial charge in [0.15, 0.2) is 5.82 Å². The lowest BCUT2D eigenvalue weighted by Gasteiger charge is -2.30. The van der Waals surface area contributed by atoms with E-state index in [9.17, 15) is 9.59 Å². The molecule has 0 aliphatic carbocycles. The largest absolute Gasteiger partial charge is 0.379 e. The van der Waals surface area contributed by atoms with Crippen molar-refractivity contribution < 1.29 is 18.8 Å². The first-order valence-electron chi connectivity index (χ1n) is 9.10. The van der Waals surface area contributed by atoms with Crippen LogP contribution in [-0.4, -0.2) is 72.7 Å². The van der Waals surface area contributed by atoms with E-state index in [1.165, 1.54) is 0 Å². The maximum absolute atomic E-state index is 13.1. The van der Waals surface area contributed by atoms with Gasteiger partial charge in [-0.3, -0.25) is 14.5 Å². The van der Waals surface area contributed by atoms with Gasteiger partial charge in [0.05, 0.1) is 18.8 Å². The van der Waals surface area contributed by atoms with Gasteiger partial charge in [0.1, 0.15) is 12.3 Å². The van der Waals surface area contributed by atoms with Crippen LogP contribution in [0.4, 0.5) is 5.82 Å². The van der Waals surface area contributed by atoms with Crippen LogP contribution in [0.25, 0.3) is 0 Å². The van der Waals surface area contributed by atoms with Crippen LogP contribution in [0.15, 0.2) is 39.3 Å². The molecule has 0 bridgehead atoms. The number of carbonyl (C=O) groups is 2. The Labute approximate surface area is 171 Å². The lowest BCUT2D eigenvalue weighted by molar-refractivity contribution is -0.117. The summed E-state index contributed by atoms with van der Waals surface area (Å²) in [5, 5.41) is 6.43. The van der Waals surface area contributed by atoms with Gasteiger partial charge in [0, 0.05) is 36.7 Å². The second kappa shape index (κ2) is 9.81. The zero-order valence-electron chi connectivity index (χ0n) is 15.7. The molecule has 2 amide bonds. The first-order valence-corrected chi connectivity index (χ1v) is 9.89. The standard InChI is InChI=1S/C19H23BrN4O4/c1-14-12-17(22-28-14)21-18(25)13-24(7-6-23-8-10-27-11-9-23)19(26)15-4-2-3-5-16(15)20/h2-5,12H,6-11,13H2,1H3,(H,21,22,25). The molecular weight excluding hydrogens is 428 g/mol. The van der Waals surface area contributed by atoms with Crippen LogP contribution in [-0.2, 0) is 9.53 Å². The van der Waals surface area contributed by atoms with Gasteiger partial charge >= 0.3 is 0 Å². The zero-order chi connectivity index (χ0) is 19.9. The SMILES string of the molecule is Cc1cc(NC(=O)CN(CCN2CCOCC2)C(=O)c2ccccc2Br)no1. The summed E-state index contributed by atoms with van der Waals surface area (Å²) in [6.07, 6.45) is 0. The lowest BCUT2D eigenvalue weighted by atomic mass is 10.2. The average Bonchev–Trinajstić information content (AvgIpc) is 3.10. The van der Waals surface area contributed by atoms with Crippen molar-refractivity contribution >= 4 is 33.6 Å². The number of rotatable bonds is 7. The highest BCUT2D eigenvalue weighted by molar-refractivity contribution is 9.10. The van der Waals surface area contributed by atoms with Gasteiger partial charge in [-0.05, 0) is 35.0 Å². The number of morpholine rings is 1. The van der Waals surface area contributed by atoms with Crippen LogP contribution in [0.3, 0.4) is 0 Å². The second-order valence-corrected chi connectivity index (χ2v) is 7.39. The smallest absolute Gasteiger partial charge is 0.255 e. The Bertz CT molecular complexity index is 820. The van der Waals surface area contributed by atoms with E-state index < -0.39 is 0 Å². The van der Waals surface area contributed by atoms with Gasteiger partial charge in [-0.25, -0.2) is 0 Å². The highest BCUT2D eigenvalue weighted by Gasteiger charge is 2.22. The van der Waals surface area contributed by atoms with E-state index in [1.807, 2.05) is 12.1 Å². The first kappa shape index (κ1) is 20.5. The topological polar surface area (TPSA) is 87.9 Å². The second-order valence-electron chi connectivity index (χ2n) is 6.53. The number of carbonyl (C=O) groups excluding carboxylic acids is 2. The van der Waals surface area contributed by atoms with E-state index in [1.54, 1.807) is 30.0 Å². The van der Waals surface area contributed by atoms with Crippen LogP contribution >= 0.6 is 15.9 Å². The minimum Gasteiger partial charge on any atom is -0.379 e. The van der Waals surface area contributed by atoms with E-state index in [0.29, 0.717) is 47.9 Å². The summed E-state index contributed by atoms with van der Waals surface area (Å²) in [6.45, 7) is 5.79. The predicted molar refractivity (Wildman–Crippen MR) is 107 cm³/mol. The van der Waals surface area contributed by atoms with Gasteiger partial charge in [-0.15, -0.1) is 0 Å². The van der Waals surface area contributed by atoms with Crippen molar-refractivity contribution in [2.75, 3.05) is 51.3 Å². The lowest BCUT2D eigenvalue weighted by Crippen LogP contribution is -2.45. The summed E-state index contributed by atoms with van der Waals surface area (Å²) in [7, 11) is 0. The normalized spacial score (nSPS) is 14.6. The third-order valence-corrected chi connectivity index (χ3v) is 5.10. The summed E-state index contributed by atoms with van der Waals surface area (Å²) in [5.41, 5.74) is 0.523. The van der Waals surface area contributed by atoms with Gasteiger partial charge in [-0.1, -0.05) is 17.3 Å². The molecule has 1 aliphatic rings. The number of halogens is 1. The molecule has 0 radical (unpaired) electrons. The van der Waals surface area contributed by atoms with Gasteiger partial charge in [0.2, 0.25) is 5.91 Å². The predicted octanol–water partition coefficient (Wildman–Crippen LogP) is 2.16. The van der Waals surface area contributed by atoms with Crippen LogP contribution in [0.2, 0.25) is 0 Å². The van der Waals surface area contributed by atoms with Crippen molar-refractivity contribution in [2.24, 2.45) is 0 Å². The van der Waals surface area contributed by atoms with Crippen molar-refractivity contribution in [1.82, 2.24) is 15.0 Å². The molecule has 1 fully saturated rings. The molecule has 28 heavy (non-hydrogen) atoms. The van der Waals surface area contributed by atoms with E-state index in [-0.39, 0.29) is 18.4 Å². The number of nitrogens with one attached hydrogen (secondary N) is 1. The Morgan fingerprint density at radius 3 is 2.71 bits per heavy atom. The molecule has 0 unspecified atom stereocenters. The fraction of sp³-hybridized carbons (Fsp3) is 0.421. The molecule has 1 aromatic heterocycles. The number of anilines is 1. The minimum atomic E-state index is -0.323. The summed E-state index contributed by atoms with van der Waals surface area (Å²) in [5.74, 6) is 0.413. The number of ether oxygens (including phenoxy) is 1. The molecule has 2 aromatic rings. The fourth-order valence-electron chi connectivity index (χ4n) is 2.93. The Kier molecular flexibility index (Phi) is 7.18. The molecule has 9 heteroatoms. The van der Waals surface area contributed by atoms with E-state index >= 15 is 0 Å². The summed E-state index contributed by atoms with van der Waals surface area (Å²) >= 11 is 3.42. The van der Waals surface area contributed by atoms with Crippen LogP contribution in [0.5, 0.6) is 0 Å². The summed E-state index contributed by atoms with van der Waals surface area (Å²) < 4.78 is 11.0. The number of benzene rings is 1. The number of nitrogens with zero attached hydrogens (tertiary/aromatic N) is 3. The molecule has 0 spiro atoms. The molecule has 1 N–H and O–H groups in total. The van der Waals surface area contributed by atoms with E-state index in [0.717, 1.165) is 13.1 Å². The molecule has 1 aromatic carbocycles. The Morgan fingerprint density at radius 2 is 2.04 bits per heavy atom. The molecule has 2 heterocycles. The summed E-state index contributed by atoms with van der Waals surface area (Å²) in [6, 6.07) is 8.83. The number of amides is 2. The third kappa shape index (κ3) is 5.63. The molecular formula is C19H23BrN4O4. The zero-order valence-corrected chi connectivity index (χ0v) is 17.3. The van der Waals surface area contributed by atoms with Crippen molar-refractivity contribution in [3.63, 3.8) is 0 Å². The monoisotopic (exact) mass is 450 g/mol. The minimum absolute atomic E-state index is 0.0730. The highest BCUT2D eigenvalue weighted by atomic mass is 79.9. The number of hydrogen-bond donors (Lipinski definition) is 1. The quantitative estimate of drug-likeness (QED) is 0.695. The van der Waals surface area contributed by atoms with Crippen molar-refractivity contribution in [2.45, 2.75) is 6.92 Å². The van der Waals surface area contributed by atoms with Gasteiger partial charge < -0.3 is 19.5 Å². The Hall–Kier alpha value is -2.23. The fourth-order valence-corrected chi connectivity index (χ4v) is 3.38. The van der Waals surface area contributed by atoms with Crippen molar-refractivity contribution in [1.29, 1.82) is 0 Å². The van der Waals surface area contributed by atoms with E-state index in [4.69, 9.17) is 9.26 Å². The number of hydrogen-bond acceptors (Lipinski definition) is 6. The molecule has 8 nitrogen and oxygen atoms in total. The summed E-state index contributed by atoms with van der Waals surface area (Å²) in [4.78, 5) is 29.3. The number of aromatic nitrogens is 1. The first-order chi connectivity index (χ1) is 13.5. The third-order valence-electron chi connectivity index (χ3n) is 4.41. The van der Waals surface area contributed by atoms with Crippen LogP contribution in [0, 0.1) is 6.92 Å². The number of aryl methyl sites for hydroxylation is 1. The highest BCUT2D eigenvalue weighted by Crippen LogP contribution is 2.18. The van der Waals surface area contributed by atoms with Crippen molar-refractivity contribution in [3.8, 4) is 0 Å². The maximum atomic E-state index is 13.1. The molecule has 1 saturated heterocycles. The van der Waals surface area contributed by atoms with Crippen molar-refractivity contribution in [3.05, 3.63) is 46.1 Å². The molecule has 0 atom stereocenters. The molecule has 0 saturated carbocycles. The molecule has 1 aliphatic heterocycles. The van der Waals surface area contributed by atoms with E-state index in [2.05, 4.69) is 31.3 Å².